The number of benzene rings is 1. The van der Waals surface area contributed by atoms with Crippen LogP contribution < -0.4 is 10.6 Å². The molecule has 138 valence electrons. The van der Waals surface area contributed by atoms with E-state index in [-0.39, 0.29) is 0 Å². The SMILES string of the molecule is Cc1nnc(-c2nc3c4ccccc4nc(N[C@@H]4CCCCNC4)n3n2)o1. The van der Waals surface area contributed by atoms with Gasteiger partial charge in [0, 0.05) is 24.9 Å². The fourth-order valence-electron chi connectivity index (χ4n) is 3.45. The first-order valence-corrected chi connectivity index (χ1v) is 9.21. The number of nitrogens with one attached hydrogen (secondary N) is 2. The van der Waals surface area contributed by atoms with E-state index in [1.165, 1.54) is 12.8 Å². The summed E-state index contributed by atoms with van der Waals surface area (Å²) in [5, 5.41) is 20.5. The molecule has 0 amide bonds. The first-order valence-electron chi connectivity index (χ1n) is 9.21. The number of anilines is 1. The molecular formula is C18H20N8O. The van der Waals surface area contributed by atoms with Gasteiger partial charge in [0.05, 0.1) is 5.52 Å². The maximum atomic E-state index is 5.51. The molecule has 0 aliphatic carbocycles. The monoisotopic (exact) mass is 364 g/mol. The van der Waals surface area contributed by atoms with Crippen LogP contribution >= 0.6 is 0 Å². The molecule has 9 nitrogen and oxygen atoms in total. The van der Waals surface area contributed by atoms with Gasteiger partial charge >= 0.3 is 0 Å². The van der Waals surface area contributed by atoms with Crippen molar-refractivity contribution in [2.45, 2.75) is 32.2 Å². The predicted octanol–water partition coefficient (Wildman–Crippen LogP) is 2.19. The summed E-state index contributed by atoms with van der Waals surface area (Å²) in [6.07, 6.45) is 3.47. The Morgan fingerprint density at radius 3 is 3.00 bits per heavy atom. The van der Waals surface area contributed by atoms with Crippen LogP contribution in [0.3, 0.4) is 0 Å². The number of aryl methyl sites for hydroxylation is 1. The number of hydrogen-bond acceptors (Lipinski definition) is 8. The summed E-state index contributed by atoms with van der Waals surface area (Å²) in [4.78, 5) is 9.45. The van der Waals surface area contributed by atoms with Gasteiger partial charge in [-0.15, -0.1) is 15.3 Å². The van der Waals surface area contributed by atoms with Gasteiger partial charge in [-0.2, -0.15) is 4.52 Å². The predicted molar refractivity (Wildman–Crippen MR) is 100 cm³/mol. The van der Waals surface area contributed by atoms with E-state index in [2.05, 4.69) is 30.9 Å². The molecule has 1 aromatic carbocycles. The van der Waals surface area contributed by atoms with Crippen molar-refractivity contribution in [3.8, 4) is 11.7 Å². The Bertz CT molecular complexity index is 1090. The topological polar surface area (TPSA) is 106 Å². The van der Waals surface area contributed by atoms with Gasteiger partial charge in [-0.05, 0) is 31.5 Å². The highest BCUT2D eigenvalue weighted by Gasteiger charge is 2.20. The fourth-order valence-corrected chi connectivity index (χ4v) is 3.45. The fraction of sp³-hybridized carbons (Fsp3) is 0.389. The van der Waals surface area contributed by atoms with Crippen LogP contribution in [0.25, 0.3) is 28.3 Å². The molecule has 0 bridgehead atoms. The van der Waals surface area contributed by atoms with Crippen molar-refractivity contribution < 1.29 is 4.42 Å². The molecule has 27 heavy (non-hydrogen) atoms. The third-order valence-corrected chi connectivity index (χ3v) is 4.78. The minimum atomic E-state index is 0.294. The van der Waals surface area contributed by atoms with E-state index in [0.717, 1.165) is 36.1 Å². The van der Waals surface area contributed by atoms with Gasteiger partial charge in [0.15, 0.2) is 5.65 Å². The Labute approximate surface area is 155 Å². The molecule has 9 heteroatoms. The van der Waals surface area contributed by atoms with Gasteiger partial charge in [-0.25, -0.2) is 9.97 Å². The standard InChI is InChI=1S/C18H20N8O/c1-11-23-24-17(27-11)15-22-16-13-7-2-3-8-14(13)21-18(26(16)25-15)20-12-6-4-5-9-19-10-12/h2-3,7-8,12,19H,4-6,9-10H2,1H3,(H,20,21)/t12-/m1/s1. The van der Waals surface area contributed by atoms with Gasteiger partial charge in [-0.1, -0.05) is 18.6 Å². The van der Waals surface area contributed by atoms with Crippen LogP contribution in [0, 0.1) is 6.92 Å². The smallest absolute Gasteiger partial charge is 0.287 e. The average molecular weight is 364 g/mol. The lowest BCUT2D eigenvalue weighted by Crippen LogP contribution is -2.32. The van der Waals surface area contributed by atoms with E-state index >= 15 is 0 Å². The zero-order chi connectivity index (χ0) is 18.2. The summed E-state index contributed by atoms with van der Waals surface area (Å²) in [6, 6.07) is 8.21. The van der Waals surface area contributed by atoms with E-state index in [1.807, 2.05) is 24.3 Å². The lowest BCUT2D eigenvalue weighted by atomic mass is 10.1. The van der Waals surface area contributed by atoms with Crippen LogP contribution in [0.5, 0.6) is 0 Å². The summed E-state index contributed by atoms with van der Waals surface area (Å²) in [5.74, 6) is 1.86. The van der Waals surface area contributed by atoms with E-state index in [1.54, 1.807) is 11.4 Å². The Kier molecular flexibility index (Phi) is 3.93. The number of hydrogen-bond donors (Lipinski definition) is 2. The second-order valence-electron chi connectivity index (χ2n) is 6.79. The molecule has 3 aromatic heterocycles. The van der Waals surface area contributed by atoms with Crippen LogP contribution in [0.1, 0.15) is 25.2 Å². The quantitative estimate of drug-likeness (QED) is 0.570. The average Bonchev–Trinajstić information content (AvgIpc) is 3.23. The maximum absolute atomic E-state index is 5.51. The van der Waals surface area contributed by atoms with Crippen LogP contribution in [0.2, 0.25) is 0 Å². The molecule has 0 unspecified atom stereocenters. The zero-order valence-corrected chi connectivity index (χ0v) is 15.0. The summed E-state index contributed by atoms with van der Waals surface area (Å²) < 4.78 is 7.24. The highest BCUT2D eigenvalue weighted by atomic mass is 16.4. The van der Waals surface area contributed by atoms with Gasteiger partial charge in [0.2, 0.25) is 17.7 Å². The normalized spacial score (nSPS) is 18.0. The van der Waals surface area contributed by atoms with Crippen LogP contribution in [-0.2, 0) is 0 Å². The number of nitrogens with zero attached hydrogens (tertiary/aromatic N) is 6. The minimum Gasteiger partial charge on any atom is -0.418 e. The van der Waals surface area contributed by atoms with Gasteiger partial charge in [0.25, 0.3) is 5.89 Å². The van der Waals surface area contributed by atoms with E-state index in [9.17, 15) is 0 Å². The van der Waals surface area contributed by atoms with Gasteiger partial charge in [-0.3, -0.25) is 0 Å². The first kappa shape index (κ1) is 16.1. The molecule has 0 spiro atoms. The van der Waals surface area contributed by atoms with E-state index in [4.69, 9.17) is 9.40 Å². The highest BCUT2D eigenvalue weighted by molar-refractivity contribution is 5.92. The summed E-state index contributed by atoms with van der Waals surface area (Å²) >= 11 is 0. The summed E-state index contributed by atoms with van der Waals surface area (Å²) in [6.45, 7) is 3.71. The van der Waals surface area contributed by atoms with E-state index < -0.39 is 0 Å². The molecular weight excluding hydrogens is 344 g/mol. The molecule has 2 N–H and O–H groups in total. The van der Waals surface area contributed by atoms with Crippen molar-refractivity contribution >= 4 is 22.5 Å². The summed E-state index contributed by atoms with van der Waals surface area (Å²) in [7, 11) is 0. The number of aromatic nitrogens is 6. The Morgan fingerprint density at radius 1 is 1.19 bits per heavy atom. The molecule has 1 fully saturated rings. The molecule has 1 aliphatic heterocycles. The van der Waals surface area contributed by atoms with Crippen LogP contribution in [0.15, 0.2) is 28.7 Å². The van der Waals surface area contributed by atoms with Crippen molar-refractivity contribution in [3.63, 3.8) is 0 Å². The van der Waals surface area contributed by atoms with Crippen molar-refractivity contribution in [1.82, 2.24) is 35.1 Å². The lowest BCUT2D eigenvalue weighted by molar-refractivity contribution is 0.528. The summed E-state index contributed by atoms with van der Waals surface area (Å²) in [5.41, 5.74) is 1.59. The zero-order valence-electron chi connectivity index (χ0n) is 15.0. The Hall–Kier alpha value is -3.07. The highest BCUT2D eigenvalue weighted by Crippen LogP contribution is 2.24. The Morgan fingerprint density at radius 2 is 2.11 bits per heavy atom. The largest absolute Gasteiger partial charge is 0.418 e. The molecule has 4 aromatic rings. The third-order valence-electron chi connectivity index (χ3n) is 4.78. The lowest BCUT2D eigenvalue weighted by Gasteiger charge is -2.17. The van der Waals surface area contributed by atoms with Crippen molar-refractivity contribution in [2.75, 3.05) is 18.4 Å². The van der Waals surface area contributed by atoms with E-state index in [0.29, 0.717) is 29.6 Å². The van der Waals surface area contributed by atoms with Crippen molar-refractivity contribution in [3.05, 3.63) is 30.2 Å². The minimum absolute atomic E-state index is 0.294. The van der Waals surface area contributed by atoms with Crippen LogP contribution in [-0.4, -0.2) is 48.9 Å². The van der Waals surface area contributed by atoms with Gasteiger partial charge in [0.1, 0.15) is 0 Å². The second kappa shape index (κ2) is 6.58. The first-order chi connectivity index (χ1) is 13.3. The molecule has 4 heterocycles. The molecule has 5 rings (SSSR count). The van der Waals surface area contributed by atoms with Gasteiger partial charge < -0.3 is 15.1 Å². The third kappa shape index (κ3) is 2.99. The number of rotatable bonds is 3. The molecule has 1 saturated heterocycles. The molecule has 1 aliphatic rings. The number of fused-ring (bicyclic) bond motifs is 3. The van der Waals surface area contributed by atoms with Crippen LogP contribution in [0.4, 0.5) is 5.95 Å². The second-order valence-corrected chi connectivity index (χ2v) is 6.79. The van der Waals surface area contributed by atoms with Crippen molar-refractivity contribution in [2.24, 2.45) is 0 Å². The Balaban J connectivity index is 1.64. The van der Waals surface area contributed by atoms with Crippen molar-refractivity contribution in [1.29, 1.82) is 0 Å². The maximum Gasteiger partial charge on any atom is 0.287 e. The molecule has 0 radical (unpaired) electrons. The number of para-hydroxylation sites is 1. The molecule has 1 atom stereocenters. The molecule has 0 saturated carbocycles.